The number of benzene rings is 1. The zero-order chi connectivity index (χ0) is 21.9. The fourth-order valence-electron chi connectivity index (χ4n) is 3.84. The molecular formula is C20H27F2N7O. The SMILES string of the molecule is N=C(C(N)=O)/C(=N\C(N)=N[C@@H]1CCCC(F)(F)[C@@H]1N)Nc1ccc2c(c1)CCCC2. The number of amides is 1. The number of carbonyl (C=O) groups is 1. The molecule has 0 unspecified atom stereocenters. The lowest BCUT2D eigenvalue weighted by Gasteiger charge is -2.33. The van der Waals surface area contributed by atoms with Crippen molar-refractivity contribution in [1.82, 2.24) is 0 Å². The maximum atomic E-state index is 13.8. The third-order valence-electron chi connectivity index (χ3n) is 5.53. The summed E-state index contributed by atoms with van der Waals surface area (Å²) < 4.78 is 27.7. The van der Waals surface area contributed by atoms with E-state index in [1.165, 1.54) is 11.1 Å². The fourth-order valence-corrected chi connectivity index (χ4v) is 3.84. The van der Waals surface area contributed by atoms with Gasteiger partial charge in [-0.2, -0.15) is 4.99 Å². The molecule has 0 heterocycles. The van der Waals surface area contributed by atoms with Crippen molar-refractivity contribution in [3.8, 4) is 0 Å². The highest BCUT2D eigenvalue weighted by atomic mass is 19.3. The summed E-state index contributed by atoms with van der Waals surface area (Å²) in [5, 5.41) is 10.8. The molecule has 10 heteroatoms. The number of nitrogens with two attached hydrogens (primary N) is 3. The van der Waals surface area contributed by atoms with E-state index < -0.39 is 29.6 Å². The Morgan fingerprint density at radius 2 is 1.87 bits per heavy atom. The Bertz CT molecular complexity index is 897. The van der Waals surface area contributed by atoms with Gasteiger partial charge in [0.25, 0.3) is 11.8 Å². The number of rotatable bonds is 4. The van der Waals surface area contributed by atoms with Crippen molar-refractivity contribution >= 4 is 29.1 Å². The number of nitrogens with one attached hydrogen (secondary N) is 2. The second-order valence-corrected chi connectivity index (χ2v) is 7.75. The van der Waals surface area contributed by atoms with E-state index in [2.05, 4.69) is 15.3 Å². The highest BCUT2D eigenvalue weighted by Gasteiger charge is 2.44. The summed E-state index contributed by atoms with van der Waals surface area (Å²) in [6.07, 6.45) is 4.54. The monoisotopic (exact) mass is 419 g/mol. The Labute approximate surface area is 173 Å². The number of halogens is 2. The van der Waals surface area contributed by atoms with Crippen LogP contribution < -0.4 is 22.5 Å². The molecule has 3 rings (SSSR count). The van der Waals surface area contributed by atoms with Crippen molar-refractivity contribution < 1.29 is 13.6 Å². The minimum atomic E-state index is -3.03. The lowest BCUT2D eigenvalue weighted by atomic mass is 9.88. The first kappa shape index (κ1) is 21.8. The molecule has 30 heavy (non-hydrogen) atoms. The fraction of sp³-hybridized carbons (Fsp3) is 0.500. The average Bonchev–Trinajstić information content (AvgIpc) is 2.70. The maximum absolute atomic E-state index is 13.8. The highest BCUT2D eigenvalue weighted by molar-refractivity contribution is 6.67. The van der Waals surface area contributed by atoms with Gasteiger partial charge in [0, 0.05) is 12.1 Å². The van der Waals surface area contributed by atoms with Gasteiger partial charge < -0.3 is 22.5 Å². The number of aliphatic imine (C=N–C) groups is 2. The molecule has 1 amide bonds. The van der Waals surface area contributed by atoms with E-state index in [-0.39, 0.29) is 24.6 Å². The van der Waals surface area contributed by atoms with Crippen molar-refractivity contribution in [2.75, 3.05) is 5.32 Å². The minimum absolute atomic E-state index is 0.198. The molecule has 0 bridgehead atoms. The summed E-state index contributed by atoms with van der Waals surface area (Å²) in [7, 11) is 0. The number of hydrogen-bond acceptors (Lipinski definition) is 4. The number of guanidine groups is 1. The zero-order valence-corrected chi connectivity index (χ0v) is 16.6. The van der Waals surface area contributed by atoms with Gasteiger partial charge in [0.15, 0.2) is 11.5 Å². The number of aryl methyl sites for hydroxylation is 2. The van der Waals surface area contributed by atoms with E-state index in [0.717, 1.165) is 25.7 Å². The lowest BCUT2D eigenvalue weighted by molar-refractivity contribution is -0.111. The van der Waals surface area contributed by atoms with Crippen LogP contribution in [-0.2, 0) is 17.6 Å². The van der Waals surface area contributed by atoms with E-state index in [0.29, 0.717) is 12.1 Å². The molecule has 0 radical (unpaired) electrons. The quantitative estimate of drug-likeness (QED) is 0.372. The lowest BCUT2D eigenvalue weighted by Crippen LogP contribution is -2.52. The van der Waals surface area contributed by atoms with Crippen LogP contribution in [-0.4, -0.2) is 41.4 Å². The van der Waals surface area contributed by atoms with E-state index in [4.69, 9.17) is 22.6 Å². The second-order valence-electron chi connectivity index (χ2n) is 7.75. The van der Waals surface area contributed by atoms with Crippen LogP contribution >= 0.6 is 0 Å². The van der Waals surface area contributed by atoms with E-state index in [9.17, 15) is 13.6 Å². The van der Waals surface area contributed by atoms with Crippen LogP contribution in [0.2, 0.25) is 0 Å². The summed E-state index contributed by atoms with van der Waals surface area (Å²) in [4.78, 5) is 19.6. The van der Waals surface area contributed by atoms with Crippen molar-refractivity contribution in [3.63, 3.8) is 0 Å². The van der Waals surface area contributed by atoms with Gasteiger partial charge in [-0.1, -0.05) is 6.07 Å². The van der Waals surface area contributed by atoms with Crippen LogP contribution in [0.1, 0.15) is 43.2 Å². The van der Waals surface area contributed by atoms with Crippen LogP contribution in [0.4, 0.5) is 14.5 Å². The summed E-state index contributed by atoms with van der Waals surface area (Å²) in [6, 6.07) is 3.38. The summed E-state index contributed by atoms with van der Waals surface area (Å²) in [5.41, 5.74) is 19.2. The van der Waals surface area contributed by atoms with Crippen molar-refractivity contribution in [1.29, 1.82) is 5.41 Å². The zero-order valence-electron chi connectivity index (χ0n) is 16.6. The Morgan fingerprint density at radius 1 is 1.17 bits per heavy atom. The number of amidine groups is 1. The van der Waals surface area contributed by atoms with Crippen LogP contribution in [0.5, 0.6) is 0 Å². The normalized spacial score (nSPS) is 24.1. The van der Waals surface area contributed by atoms with Gasteiger partial charge >= 0.3 is 0 Å². The number of anilines is 1. The molecule has 0 aliphatic heterocycles. The Hall–Kier alpha value is -2.88. The van der Waals surface area contributed by atoms with Crippen molar-refractivity contribution in [2.24, 2.45) is 27.2 Å². The van der Waals surface area contributed by atoms with Gasteiger partial charge in [0.1, 0.15) is 0 Å². The largest absolute Gasteiger partial charge is 0.368 e. The van der Waals surface area contributed by atoms with Gasteiger partial charge in [-0.3, -0.25) is 10.2 Å². The predicted molar refractivity (Wildman–Crippen MR) is 113 cm³/mol. The number of alkyl halides is 2. The van der Waals surface area contributed by atoms with Gasteiger partial charge in [-0.05, 0) is 61.8 Å². The molecule has 8 nitrogen and oxygen atoms in total. The summed E-state index contributed by atoms with van der Waals surface area (Å²) in [6.45, 7) is 0. The molecule has 0 saturated heterocycles. The van der Waals surface area contributed by atoms with Crippen molar-refractivity contribution in [3.05, 3.63) is 29.3 Å². The van der Waals surface area contributed by atoms with E-state index in [1.807, 2.05) is 18.2 Å². The van der Waals surface area contributed by atoms with Gasteiger partial charge in [-0.15, -0.1) is 0 Å². The molecule has 0 spiro atoms. The van der Waals surface area contributed by atoms with Crippen LogP contribution in [0, 0.1) is 5.41 Å². The molecule has 8 N–H and O–H groups in total. The molecule has 162 valence electrons. The smallest absolute Gasteiger partial charge is 0.270 e. The molecule has 2 aliphatic rings. The van der Waals surface area contributed by atoms with Gasteiger partial charge in [0.2, 0.25) is 5.96 Å². The highest BCUT2D eigenvalue weighted by Crippen LogP contribution is 2.33. The average molecular weight is 419 g/mol. The Balaban J connectivity index is 1.85. The van der Waals surface area contributed by atoms with E-state index >= 15 is 0 Å². The number of primary amides is 1. The summed E-state index contributed by atoms with van der Waals surface area (Å²) in [5.74, 6) is -4.58. The molecule has 2 aliphatic carbocycles. The minimum Gasteiger partial charge on any atom is -0.368 e. The molecule has 1 fully saturated rings. The Morgan fingerprint density at radius 3 is 2.57 bits per heavy atom. The van der Waals surface area contributed by atoms with Crippen molar-refractivity contribution in [2.45, 2.75) is 63.0 Å². The molecule has 1 saturated carbocycles. The van der Waals surface area contributed by atoms with Gasteiger partial charge in [-0.25, -0.2) is 13.8 Å². The standard InChI is InChI=1S/C20H27F2N7O/c21-20(22)9-3-6-14(16(20)24)28-19(26)29-18(15(23)17(25)30)27-13-8-7-11-4-1-2-5-12(11)10-13/h7-8,10,14,16,23H,1-6,9,24H2,(H2,25,30)(H3,26,27,28,29)/t14-,16-/m1/s1. The first-order valence-electron chi connectivity index (χ1n) is 10.0. The predicted octanol–water partition coefficient (Wildman–Crippen LogP) is 1.71. The molecule has 1 aromatic rings. The van der Waals surface area contributed by atoms with Crippen LogP contribution in [0.3, 0.4) is 0 Å². The first-order valence-corrected chi connectivity index (χ1v) is 10.0. The number of hydrogen-bond donors (Lipinski definition) is 5. The van der Waals surface area contributed by atoms with Gasteiger partial charge in [0.05, 0.1) is 12.1 Å². The molecule has 0 aromatic heterocycles. The Kier molecular flexibility index (Phi) is 6.45. The summed E-state index contributed by atoms with van der Waals surface area (Å²) >= 11 is 0. The topological polar surface area (TPSA) is 156 Å². The molecule has 1 aromatic carbocycles. The third-order valence-corrected chi connectivity index (χ3v) is 5.53. The van der Waals surface area contributed by atoms with Crippen LogP contribution in [0.25, 0.3) is 0 Å². The second kappa shape index (κ2) is 8.86. The molecule has 2 atom stereocenters. The van der Waals surface area contributed by atoms with E-state index in [1.54, 1.807) is 0 Å². The van der Waals surface area contributed by atoms with Crippen LogP contribution in [0.15, 0.2) is 28.2 Å². The first-order chi connectivity index (χ1) is 14.2. The number of fused-ring (bicyclic) bond motifs is 1. The molecular weight excluding hydrogens is 392 g/mol. The maximum Gasteiger partial charge on any atom is 0.270 e. The number of carbonyl (C=O) groups excluding carboxylic acids is 1. The third kappa shape index (κ3) is 4.99. The number of nitrogens with zero attached hydrogens (tertiary/aromatic N) is 2.